The van der Waals surface area contributed by atoms with Crippen molar-refractivity contribution in [1.82, 2.24) is 24.9 Å². The molecule has 158 valence electrons. The highest BCUT2D eigenvalue weighted by atomic mass is 16.2. The number of nitrogens with one attached hydrogen (secondary N) is 1. The minimum absolute atomic E-state index is 0.124. The lowest BCUT2D eigenvalue weighted by molar-refractivity contribution is -0.133. The summed E-state index contributed by atoms with van der Waals surface area (Å²) in [6.07, 6.45) is 8.51. The predicted molar refractivity (Wildman–Crippen MR) is 107 cm³/mol. The number of nitrogens with zero attached hydrogens (tertiary/aromatic N) is 4. The number of hydrogen-bond acceptors (Lipinski definition) is 4. The third-order valence-electron chi connectivity index (χ3n) is 6.79. The summed E-state index contributed by atoms with van der Waals surface area (Å²) >= 11 is 0. The Bertz CT molecular complexity index is 805. The Morgan fingerprint density at radius 1 is 1.10 bits per heavy atom. The second kappa shape index (κ2) is 7.80. The van der Waals surface area contributed by atoms with E-state index in [1.165, 1.54) is 4.90 Å². The molecule has 1 aliphatic carbocycles. The maximum absolute atomic E-state index is 13.0. The van der Waals surface area contributed by atoms with Crippen LogP contribution in [0.25, 0.3) is 0 Å². The smallest absolute Gasteiger partial charge is 0.274 e. The van der Waals surface area contributed by atoms with Crippen LogP contribution in [0.4, 0.5) is 0 Å². The van der Waals surface area contributed by atoms with Gasteiger partial charge in [0.05, 0.1) is 6.54 Å². The van der Waals surface area contributed by atoms with Gasteiger partial charge in [-0.1, -0.05) is 25.7 Å². The number of fused-ring (bicyclic) bond motifs is 1. The molecular weight excluding hydrogens is 370 g/mol. The van der Waals surface area contributed by atoms with E-state index in [1.54, 1.807) is 24.7 Å². The Balaban J connectivity index is 1.55. The van der Waals surface area contributed by atoms with Crippen molar-refractivity contribution in [3.63, 3.8) is 0 Å². The zero-order valence-corrected chi connectivity index (χ0v) is 17.4. The molecule has 0 bridgehead atoms. The largest absolute Gasteiger partial charge is 0.351 e. The molecule has 4 rings (SSSR count). The van der Waals surface area contributed by atoms with Gasteiger partial charge in [-0.3, -0.25) is 19.1 Å². The maximum Gasteiger partial charge on any atom is 0.274 e. The zero-order chi connectivity index (χ0) is 20.6. The van der Waals surface area contributed by atoms with Crippen LogP contribution in [0.2, 0.25) is 0 Å². The van der Waals surface area contributed by atoms with Crippen molar-refractivity contribution in [3.8, 4) is 0 Å². The van der Waals surface area contributed by atoms with E-state index in [0.29, 0.717) is 11.4 Å². The molecule has 0 radical (unpaired) electrons. The molecule has 3 aliphatic rings. The molecule has 1 N–H and O–H groups in total. The van der Waals surface area contributed by atoms with Crippen molar-refractivity contribution in [2.45, 2.75) is 76.4 Å². The summed E-state index contributed by atoms with van der Waals surface area (Å²) in [6.45, 7) is 3.49. The van der Waals surface area contributed by atoms with Crippen LogP contribution in [-0.2, 0) is 11.3 Å². The van der Waals surface area contributed by atoms with Crippen LogP contribution in [0, 0.1) is 0 Å². The van der Waals surface area contributed by atoms with Crippen molar-refractivity contribution in [2.24, 2.45) is 0 Å². The first-order valence-corrected chi connectivity index (χ1v) is 10.9. The molecule has 1 aromatic rings. The van der Waals surface area contributed by atoms with E-state index in [9.17, 15) is 14.4 Å². The van der Waals surface area contributed by atoms with Crippen molar-refractivity contribution < 1.29 is 14.4 Å². The molecule has 0 aromatic carbocycles. The van der Waals surface area contributed by atoms with Gasteiger partial charge in [-0.2, -0.15) is 5.10 Å². The van der Waals surface area contributed by atoms with Crippen LogP contribution in [0.3, 0.4) is 0 Å². The van der Waals surface area contributed by atoms with Crippen LogP contribution in [0.5, 0.6) is 0 Å². The van der Waals surface area contributed by atoms with Gasteiger partial charge in [0.15, 0.2) is 5.69 Å². The zero-order valence-electron chi connectivity index (χ0n) is 17.4. The Kier molecular flexibility index (Phi) is 5.36. The van der Waals surface area contributed by atoms with E-state index in [2.05, 4.69) is 10.4 Å². The first-order chi connectivity index (χ1) is 13.9. The maximum atomic E-state index is 13.0. The fraction of sp³-hybridized carbons (Fsp3) is 0.714. The number of amides is 3. The standard InChI is InChI=1S/C21H31N5O3/c1-21(20(29)22-15-9-5-6-10-15)14-26-17(19(28)24(21)2)13-16(23-26)18(27)25-11-7-3-4-8-12-25/h13,15H,3-12,14H2,1-2H3,(H,22,29)/t21-/m0/s1. The second-order valence-electron chi connectivity index (χ2n) is 8.87. The average Bonchev–Trinajstić information content (AvgIpc) is 3.28. The molecule has 2 fully saturated rings. The molecule has 0 spiro atoms. The summed E-state index contributed by atoms with van der Waals surface area (Å²) in [4.78, 5) is 42.3. The van der Waals surface area contributed by atoms with Gasteiger partial charge in [0.25, 0.3) is 11.8 Å². The molecule has 8 nitrogen and oxygen atoms in total. The molecule has 1 aromatic heterocycles. The summed E-state index contributed by atoms with van der Waals surface area (Å²) in [5.74, 6) is -0.550. The van der Waals surface area contributed by atoms with Gasteiger partial charge in [0, 0.05) is 32.2 Å². The highest BCUT2D eigenvalue weighted by Gasteiger charge is 2.47. The Morgan fingerprint density at radius 3 is 2.41 bits per heavy atom. The number of carbonyl (C=O) groups excluding carboxylic acids is 3. The van der Waals surface area contributed by atoms with E-state index in [-0.39, 0.29) is 30.3 Å². The van der Waals surface area contributed by atoms with Crippen LogP contribution in [-0.4, -0.2) is 69.0 Å². The van der Waals surface area contributed by atoms with E-state index < -0.39 is 5.54 Å². The molecule has 3 amide bonds. The van der Waals surface area contributed by atoms with Crippen molar-refractivity contribution in [2.75, 3.05) is 20.1 Å². The third-order valence-corrected chi connectivity index (χ3v) is 6.79. The fourth-order valence-corrected chi connectivity index (χ4v) is 4.68. The predicted octanol–water partition coefficient (Wildman–Crippen LogP) is 1.80. The SMILES string of the molecule is CN1C(=O)c2cc(C(=O)N3CCCCCC3)nn2C[C@@]1(C)C(=O)NC1CCCC1. The normalized spacial score (nSPS) is 25.7. The summed E-state index contributed by atoms with van der Waals surface area (Å²) in [6, 6.07) is 1.77. The Labute approximate surface area is 171 Å². The minimum Gasteiger partial charge on any atom is -0.351 e. The van der Waals surface area contributed by atoms with Gasteiger partial charge in [0.1, 0.15) is 11.2 Å². The fourth-order valence-electron chi connectivity index (χ4n) is 4.68. The summed E-state index contributed by atoms with van der Waals surface area (Å²) < 4.78 is 1.54. The number of rotatable bonds is 3. The summed E-state index contributed by atoms with van der Waals surface area (Å²) in [7, 11) is 1.66. The van der Waals surface area contributed by atoms with Gasteiger partial charge in [-0.25, -0.2) is 0 Å². The molecular formula is C21H31N5O3. The van der Waals surface area contributed by atoms with Gasteiger partial charge in [0.2, 0.25) is 5.91 Å². The molecule has 8 heteroatoms. The number of likely N-dealkylation sites (tertiary alicyclic amines) is 1. The van der Waals surface area contributed by atoms with E-state index >= 15 is 0 Å². The third kappa shape index (κ3) is 3.65. The van der Waals surface area contributed by atoms with Gasteiger partial charge < -0.3 is 15.1 Å². The number of hydrogen-bond donors (Lipinski definition) is 1. The average molecular weight is 402 g/mol. The van der Waals surface area contributed by atoms with E-state index in [4.69, 9.17) is 0 Å². The summed E-state index contributed by atoms with van der Waals surface area (Å²) in [5.41, 5.74) is -0.359. The highest BCUT2D eigenvalue weighted by Crippen LogP contribution is 2.28. The second-order valence-corrected chi connectivity index (χ2v) is 8.87. The van der Waals surface area contributed by atoms with Gasteiger partial charge >= 0.3 is 0 Å². The first kappa shape index (κ1) is 19.9. The number of carbonyl (C=O) groups is 3. The monoisotopic (exact) mass is 401 g/mol. The van der Waals surface area contributed by atoms with Gasteiger partial charge in [-0.15, -0.1) is 0 Å². The quantitative estimate of drug-likeness (QED) is 0.837. The lowest BCUT2D eigenvalue weighted by Crippen LogP contribution is -2.63. The van der Waals surface area contributed by atoms with E-state index in [0.717, 1.165) is 64.5 Å². The van der Waals surface area contributed by atoms with Crippen LogP contribution < -0.4 is 5.32 Å². The minimum atomic E-state index is -1.03. The Morgan fingerprint density at radius 2 is 1.76 bits per heavy atom. The molecule has 1 saturated heterocycles. The number of likely N-dealkylation sites (N-methyl/N-ethyl adjacent to an activating group) is 1. The molecule has 3 heterocycles. The van der Waals surface area contributed by atoms with Crippen molar-refractivity contribution >= 4 is 17.7 Å². The molecule has 2 aliphatic heterocycles. The molecule has 1 saturated carbocycles. The molecule has 1 atom stereocenters. The first-order valence-electron chi connectivity index (χ1n) is 10.9. The van der Waals surface area contributed by atoms with Crippen LogP contribution >= 0.6 is 0 Å². The van der Waals surface area contributed by atoms with Crippen molar-refractivity contribution in [1.29, 1.82) is 0 Å². The summed E-state index contributed by atoms with van der Waals surface area (Å²) in [5, 5.41) is 7.56. The lowest BCUT2D eigenvalue weighted by Gasteiger charge is -2.41. The highest BCUT2D eigenvalue weighted by molar-refractivity contribution is 6.01. The van der Waals surface area contributed by atoms with Crippen molar-refractivity contribution in [3.05, 3.63) is 17.5 Å². The molecule has 0 unspecified atom stereocenters. The van der Waals surface area contributed by atoms with Gasteiger partial charge in [-0.05, 0) is 32.6 Å². The van der Waals surface area contributed by atoms with Crippen LogP contribution in [0.1, 0.15) is 79.3 Å². The Hall–Kier alpha value is -2.38. The van der Waals surface area contributed by atoms with Crippen LogP contribution in [0.15, 0.2) is 6.07 Å². The molecule has 29 heavy (non-hydrogen) atoms. The topological polar surface area (TPSA) is 87.5 Å². The lowest BCUT2D eigenvalue weighted by atomic mass is 9.95. The number of aromatic nitrogens is 2. The van der Waals surface area contributed by atoms with E-state index in [1.807, 2.05) is 4.90 Å².